The number of ether oxygens (including phenoxy) is 2. The zero-order chi connectivity index (χ0) is 20.4. The fourth-order valence-corrected chi connectivity index (χ4v) is 4.13. The molecule has 1 amide bonds. The molecular formula is C19H23BrN2O6. The molecule has 3 N–H and O–H groups in total. The number of amides is 1. The third kappa shape index (κ3) is 4.08. The topological polar surface area (TPSA) is 123 Å². The molecule has 3 rings (SSSR count). The summed E-state index contributed by atoms with van der Waals surface area (Å²) < 4.78 is 11.7. The molecule has 1 aromatic rings. The molecule has 1 saturated heterocycles. The highest BCUT2D eigenvalue weighted by molar-refractivity contribution is 9.10. The lowest BCUT2D eigenvalue weighted by Crippen LogP contribution is -2.61. The first kappa shape index (κ1) is 21.2. The van der Waals surface area contributed by atoms with Gasteiger partial charge in [0.05, 0.1) is 42.6 Å². The second-order valence-electron chi connectivity index (χ2n) is 7.09. The Kier molecular flexibility index (Phi) is 6.70. The van der Waals surface area contributed by atoms with Crippen LogP contribution >= 0.6 is 15.9 Å². The summed E-state index contributed by atoms with van der Waals surface area (Å²) in [6, 6.07) is 6.52. The number of carbonyl (C=O) groups is 1. The second-order valence-corrected chi connectivity index (χ2v) is 8.00. The van der Waals surface area contributed by atoms with Gasteiger partial charge in [-0.3, -0.25) is 4.79 Å². The molecule has 0 radical (unpaired) electrons. The molecule has 1 aliphatic carbocycles. The fourth-order valence-electron chi connectivity index (χ4n) is 3.64. The minimum atomic E-state index is -1.05. The lowest BCUT2D eigenvalue weighted by atomic mass is 9.86. The van der Waals surface area contributed by atoms with Gasteiger partial charge >= 0.3 is 0 Å². The molecule has 6 atom stereocenters. The van der Waals surface area contributed by atoms with Crippen LogP contribution in [0.25, 0.3) is 0 Å². The van der Waals surface area contributed by atoms with Gasteiger partial charge in [-0.15, -0.1) is 0 Å². The van der Waals surface area contributed by atoms with Gasteiger partial charge in [-0.1, -0.05) is 15.9 Å². The van der Waals surface area contributed by atoms with E-state index in [-0.39, 0.29) is 6.42 Å². The molecule has 0 aromatic heterocycles. The molecule has 4 unspecified atom stereocenters. The maximum Gasteiger partial charge on any atom is 0.259 e. The Morgan fingerprint density at radius 2 is 2.11 bits per heavy atom. The Morgan fingerprint density at radius 1 is 1.36 bits per heavy atom. The van der Waals surface area contributed by atoms with Gasteiger partial charge in [-0.25, -0.2) is 0 Å². The molecule has 1 saturated carbocycles. The van der Waals surface area contributed by atoms with E-state index in [9.17, 15) is 25.4 Å². The molecule has 1 aromatic carbocycles. The normalized spacial score (nSPS) is 32.3. The largest absolute Gasteiger partial charge is 0.394 e. The van der Waals surface area contributed by atoms with Crippen LogP contribution in [-0.2, 0) is 14.3 Å². The van der Waals surface area contributed by atoms with Crippen molar-refractivity contribution in [1.29, 1.82) is 5.26 Å². The van der Waals surface area contributed by atoms with E-state index in [4.69, 9.17) is 9.47 Å². The first-order chi connectivity index (χ1) is 13.4. The number of aliphatic hydroxyl groups is 3. The maximum atomic E-state index is 13.5. The van der Waals surface area contributed by atoms with E-state index >= 15 is 0 Å². The van der Waals surface area contributed by atoms with Gasteiger partial charge in [-0.2, -0.15) is 5.26 Å². The van der Waals surface area contributed by atoms with E-state index in [1.165, 1.54) is 12.0 Å². The van der Waals surface area contributed by atoms with Crippen molar-refractivity contribution in [3.05, 3.63) is 28.2 Å². The van der Waals surface area contributed by atoms with Crippen molar-refractivity contribution in [3.63, 3.8) is 0 Å². The second kappa shape index (κ2) is 8.86. The van der Waals surface area contributed by atoms with Crippen molar-refractivity contribution in [2.24, 2.45) is 0 Å². The van der Waals surface area contributed by atoms with Crippen molar-refractivity contribution >= 4 is 27.5 Å². The quantitative estimate of drug-likeness (QED) is 0.598. The molecular weight excluding hydrogens is 432 g/mol. The number of hydrogen-bond donors (Lipinski definition) is 3. The van der Waals surface area contributed by atoms with Crippen LogP contribution < -0.4 is 4.90 Å². The number of rotatable bonds is 5. The monoisotopic (exact) mass is 454 g/mol. The van der Waals surface area contributed by atoms with E-state index in [2.05, 4.69) is 22.0 Å². The lowest BCUT2D eigenvalue weighted by molar-refractivity contribution is -0.191. The van der Waals surface area contributed by atoms with E-state index in [0.29, 0.717) is 28.6 Å². The highest BCUT2D eigenvalue weighted by Gasteiger charge is 2.46. The van der Waals surface area contributed by atoms with Gasteiger partial charge in [0.25, 0.3) is 5.91 Å². The van der Waals surface area contributed by atoms with E-state index < -0.39 is 49.1 Å². The fraction of sp³-hybridized carbons (Fsp3) is 0.579. The number of aliphatic hydroxyl groups excluding tert-OH is 3. The van der Waals surface area contributed by atoms with Crippen LogP contribution in [0.2, 0.25) is 0 Å². The predicted octanol–water partition coefficient (Wildman–Crippen LogP) is 0.703. The first-order valence-corrected chi connectivity index (χ1v) is 9.88. The first-order valence-electron chi connectivity index (χ1n) is 9.08. The zero-order valence-electron chi connectivity index (χ0n) is 15.4. The predicted molar refractivity (Wildman–Crippen MR) is 103 cm³/mol. The number of anilines is 1. The summed E-state index contributed by atoms with van der Waals surface area (Å²) in [6.07, 6.45) is -2.96. The van der Waals surface area contributed by atoms with Gasteiger partial charge < -0.3 is 29.7 Å². The number of hydrogen-bond acceptors (Lipinski definition) is 7. The number of methoxy groups -OCH3 is 1. The Morgan fingerprint density at radius 3 is 2.64 bits per heavy atom. The molecule has 152 valence electrons. The smallest absolute Gasteiger partial charge is 0.259 e. The van der Waals surface area contributed by atoms with Crippen LogP contribution in [0.1, 0.15) is 24.8 Å². The molecule has 0 spiro atoms. The summed E-state index contributed by atoms with van der Waals surface area (Å²) in [4.78, 5) is 14.9. The number of carbonyl (C=O) groups excluding carboxylic acids is 1. The Hall–Kier alpha value is -1.54. The molecule has 2 aliphatic rings. The van der Waals surface area contributed by atoms with Crippen LogP contribution in [0.15, 0.2) is 22.7 Å². The molecule has 2 fully saturated rings. The highest BCUT2D eigenvalue weighted by atomic mass is 79.9. The molecule has 1 heterocycles. The summed E-state index contributed by atoms with van der Waals surface area (Å²) in [5, 5.41) is 39.0. The van der Waals surface area contributed by atoms with Crippen LogP contribution in [0.5, 0.6) is 0 Å². The molecule has 8 nitrogen and oxygen atoms in total. The van der Waals surface area contributed by atoms with Crippen LogP contribution in [0.4, 0.5) is 5.69 Å². The Bertz CT molecular complexity index is 769. The minimum absolute atomic E-state index is 0.140. The standard InChI is InChI=1S/C19H23BrN2O6/c1-27-16-7-15(25)17(9-23)28-18(16)19(26)22(13-2-3-14(13)24)12-5-10(8-21)4-11(20)6-12/h4-6,13-18,23-25H,2-3,7,9H2,1H3/t13-,14-,15?,16?,17?,18?/m1/s1. The maximum absolute atomic E-state index is 13.5. The number of nitriles is 1. The summed E-state index contributed by atoms with van der Waals surface area (Å²) in [6.45, 7) is -0.428. The Balaban J connectivity index is 1.97. The summed E-state index contributed by atoms with van der Waals surface area (Å²) in [5.74, 6) is -0.442. The zero-order valence-corrected chi connectivity index (χ0v) is 16.9. The van der Waals surface area contributed by atoms with Crippen molar-refractivity contribution < 1.29 is 29.6 Å². The third-order valence-corrected chi connectivity index (χ3v) is 5.81. The van der Waals surface area contributed by atoms with Crippen LogP contribution in [0.3, 0.4) is 0 Å². The number of halogens is 1. The lowest BCUT2D eigenvalue weighted by Gasteiger charge is -2.45. The van der Waals surface area contributed by atoms with E-state index in [1.807, 2.05) is 0 Å². The van der Waals surface area contributed by atoms with Crippen molar-refractivity contribution in [2.45, 2.75) is 55.8 Å². The van der Waals surface area contributed by atoms with Crippen LogP contribution in [0, 0.1) is 11.3 Å². The third-order valence-electron chi connectivity index (χ3n) is 5.35. The van der Waals surface area contributed by atoms with Gasteiger partial charge in [0, 0.05) is 23.7 Å². The van der Waals surface area contributed by atoms with Gasteiger partial charge in [0.1, 0.15) is 6.10 Å². The van der Waals surface area contributed by atoms with Gasteiger partial charge in [-0.05, 0) is 31.0 Å². The average Bonchev–Trinajstić information content (AvgIpc) is 2.69. The Labute approximate surface area is 171 Å². The SMILES string of the molecule is COC1CC(O)C(CO)OC1C(=O)N(c1cc(Br)cc(C#N)c1)[C@@H]1CC[C@H]1O. The molecule has 28 heavy (non-hydrogen) atoms. The number of nitrogens with zero attached hydrogens (tertiary/aromatic N) is 2. The number of benzene rings is 1. The van der Waals surface area contributed by atoms with E-state index in [0.717, 1.165) is 0 Å². The molecule has 9 heteroatoms. The average molecular weight is 455 g/mol. The van der Waals surface area contributed by atoms with Crippen molar-refractivity contribution in [1.82, 2.24) is 0 Å². The van der Waals surface area contributed by atoms with Crippen molar-refractivity contribution in [3.8, 4) is 6.07 Å². The minimum Gasteiger partial charge on any atom is -0.394 e. The van der Waals surface area contributed by atoms with Gasteiger partial charge in [0.15, 0.2) is 6.10 Å². The summed E-state index contributed by atoms with van der Waals surface area (Å²) >= 11 is 3.35. The van der Waals surface area contributed by atoms with Gasteiger partial charge in [0.2, 0.25) is 0 Å². The van der Waals surface area contributed by atoms with E-state index in [1.54, 1.807) is 18.2 Å². The highest BCUT2D eigenvalue weighted by Crippen LogP contribution is 2.35. The van der Waals surface area contributed by atoms with Crippen molar-refractivity contribution in [2.75, 3.05) is 18.6 Å². The summed E-state index contributed by atoms with van der Waals surface area (Å²) in [5.41, 5.74) is 0.831. The molecule has 0 bridgehead atoms. The molecule has 1 aliphatic heterocycles. The summed E-state index contributed by atoms with van der Waals surface area (Å²) in [7, 11) is 1.43. The van der Waals surface area contributed by atoms with Crippen LogP contribution in [-0.4, -0.2) is 71.5 Å².